The fourth-order valence-corrected chi connectivity index (χ4v) is 3.31. The Morgan fingerprint density at radius 3 is 2.48 bits per heavy atom. The quantitative estimate of drug-likeness (QED) is 0.770. The smallest absolute Gasteiger partial charge is 0.320 e. The number of carboxylic acids is 1. The van der Waals surface area contributed by atoms with Gasteiger partial charge in [0.25, 0.3) is 0 Å². The number of carbonyl (C=O) groups excluding carboxylic acids is 2. The maximum absolute atomic E-state index is 12.7. The third kappa shape index (κ3) is 3.65. The average molecular weight is 297 g/mol. The Labute approximate surface area is 124 Å². The summed E-state index contributed by atoms with van der Waals surface area (Å²) in [6.07, 6.45) is 0.735. The molecule has 0 saturated carbocycles. The molecule has 2 aliphatic heterocycles. The Morgan fingerprint density at radius 1 is 1.29 bits per heavy atom. The van der Waals surface area contributed by atoms with E-state index in [1.165, 1.54) is 4.90 Å². The van der Waals surface area contributed by atoms with Gasteiger partial charge in [-0.05, 0) is 18.3 Å². The first-order valence-corrected chi connectivity index (χ1v) is 7.43. The Hall–Kier alpha value is -1.79. The van der Waals surface area contributed by atoms with E-state index >= 15 is 0 Å². The van der Waals surface area contributed by atoms with Gasteiger partial charge in [0, 0.05) is 26.2 Å². The fraction of sp³-hybridized carbons (Fsp3) is 0.786. The summed E-state index contributed by atoms with van der Waals surface area (Å²) in [7, 11) is 0. The van der Waals surface area contributed by atoms with E-state index in [1.807, 2.05) is 0 Å². The van der Waals surface area contributed by atoms with Crippen LogP contribution in [0.1, 0.15) is 26.7 Å². The van der Waals surface area contributed by atoms with Gasteiger partial charge < -0.3 is 20.2 Å². The van der Waals surface area contributed by atoms with Gasteiger partial charge >= 0.3 is 12.0 Å². The fourth-order valence-electron chi connectivity index (χ4n) is 3.31. The Bertz CT molecular complexity index is 430. The van der Waals surface area contributed by atoms with Crippen LogP contribution < -0.4 is 5.32 Å². The maximum Gasteiger partial charge on any atom is 0.320 e. The summed E-state index contributed by atoms with van der Waals surface area (Å²) in [6.45, 7) is 6.28. The van der Waals surface area contributed by atoms with Crippen LogP contribution in [-0.4, -0.2) is 65.0 Å². The minimum atomic E-state index is -1.07. The van der Waals surface area contributed by atoms with Crippen LogP contribution in [0.2, 0.25) is 0 Å². The van der Waals surface area contributed by atoms with Gasteiger partial charge in [-0.1, -0.05) is 13.8 Å². The molecule has 0 spiro atoms. The van der Waals surface area contributed by atoms with Gasteiger partial charge in [-0.2, -0.15) is 0 Å². The van der Waals surface area contributed by atoms with Crippen LogP contribution in [-0.2, 0) is 9.59 Å². The van der Waals surface area contributed by atoms with Crippen molar-refractivity contribution in [1.82, 2.24) is 15.1 Å². The molecule has 0 aromatic carbocycles. The van der Waals surface area contributed by atoms with Crippen molar-refractivity contribution in [1.29, 1.82) is 0 Å². The van der Waals surface area contributed by atoms with Gasteiger partial charge in [-0.25, -0.2) is 4.79 Å². The highest BCUT2D eigenvalue weighted by Gasteiger charge is 2.38. The van der Waals surface area contributed by atoms with Crippen molar-refractivity contribution >= 4 is 17.9 Å². The number of likely N-dealkylation sites (tertiary alicyclic amines) is 1. The third-order valence-corrected chi connectivity index (χ3v) is 4.08. The van der Waals surface area contributed by atoms with E-state index in [9.17, 15) is 14.4 Å². The van der Waals surface area contributed by atoms with Crippen molar-refractivity contribution in [3.05, 3.63) is 0 Å². The number of amides is 3. The number of rotatable bonds is 2. The lowest BCUT2D eigenvalue weighted by molar-refractivity contribution is -0.142. The van der Waals surface area contributed by atoms with E-state index < -0.39 is 12.0 Å². The summed E-state index contributed by atoms with van der Waals surface area (Å²) in [5, 5.41) is 11.6. The number of urea groups is 1. The van der Waals surface area contributed by atoms with Crippen molar-refractivity contribution in [2.75, 3.05) is 26.2 Å². The zero-order chi connectivity index (χ0) is 15.6. The second kappa shape index (κ2) is 6.32. The largest absolute Gasteiger partial charge is 0.481 e. The molecule has 21 heavy (non-hydrogen) atoms. The predicted molar refractivity (Wildman–Crippen MR) is 75.7 cm³/mol. The molecule has 0 radical (unpaired) electrons. The zero-order valence-electron chi connectivity index (χ0n) is 12.5. The van der Waals surface area contributed by atoms with E-state index in [1.54, 1.807) is 4.90 Å². The molecule has 2 N–H and O–H groups in total. The highest BCUT2D eigenvalue weighted by molar-refractivity contribution is 5.91. The highest BCUT2D eigenvalue weighted by atomic mass is 16.4. The number of nitrogens with zero attached hydrogens (tertiary/aromatic N) is 2. The Morgan fingerprint density at radius 2 is 1.90 bits per heavy atom. The number of piperazine rings is 1. The first-order valence-electron chi connectivity index (χ1n) is 7.43. The molecule has 7 heteroatoms. The normalized spacial score (nSPS) is 30.0. The number of carboxylic acid groups (broad SMARTS) is 1. The summed E-state index contributed by atoms with van der Waals surface area (Å²) in [6, 6.07) is -1.12. The van der Waals surface area contributed by atoms with Crippen molar-refractivity contribution in [3.63, 3.8) is 0 Å². The lowest BCUT2D eigenvalue weighted by atomic mass is 9.92. The van der Waals surface area contributed by atoms with Crippen LogP contribution in [0, 0.1) is 11.8 Å². The van der Waals surface area contributed by atoms with Gasteiger partial charge in [0.2, 0.25) is 5.91 Å². The van der Waals surface area contributed by atoms with Gasteiger partial charge in [-0.3, -0.25) is 9.59 Å². The van der Waals surface area contributed by atoms with Crippen molar-refractivity contribution in [2.24, 2.45) is 11.8 Å². The minimum Gasteiger partial charge on any atom is -0.481 e. The number of carbonyl (C=O) groups is 3. The molecule has 2 aliphatic rings. The van der Waals surface area contributed by atoms with Crippen LogP contribution in [0.3, 0.4) is 0 Å². The van der Waals surface area contributed by atoms with Crippen LogP contribution in [0.4, 0.5) is 4.79 Å². The minimum absolute atomic E-state index is 0.213. The molecule has 2 saturated heterocycles. The van der Waals surface area contributed by atoms with Crippen LogP contribution in [0.5, 0.6) is 0 Å². The second-order valence-electron chi connectivity index (χ2n) is 6.23. The standard InChI is InChI=1S/C14H23N3O4/c1-9-5-10(2)8-16(7-9)14(21)17-4-3-15-13(20)11(17)6-12(18)19/h9-11H,3-8H2,1-2H3,(H,15,20)(H,18,19). The number of hydrogen-bond acceptors (Lipinski definition) is 3. The average Bonchev–Trinajstić information content (AvgIpc) is 2.38. The Kier molecular flexibility index (Phi) is 4.69. The highest BCUT2D eigenvalue weighted by Crippen LogP contribution is 2.23. The molecule has 7 nitrogen and oxygen atoms in total. The maximum atomic E-state index is 12.7. The zero-order valence-corrected chi connectivity index (χ0v) is 12.5. The van der Waals surface area contributed by atoms with E-state index in [-0.39, 0.29) is 18.4 Å². The molecule has 0 aromatic heterocycles. The summed E-state index contributed by atoms with van der Waals surface area (Å²) in [4.78, 5) is 38.6. The van der Waals surface area contributed by atoms with E-state index in [4.69, 9.17) is 5.11 Å². The number of nitrogens with one attached hydrogen (secondary N) is 1. The molecule has 0 aromatic rings. The molecule has 3 atom stereocenters. The predicted octanol–water partition coefficient (Wildman–Crippen LogP) is 0.359. The molecule has 0 bridgehead atoms. The number of hydrogen-bond donors (Lipinski definition) is 2. The van der Waals surface area contributed by atoms with E-state index in [2.05, 4.69) is 19.2 Å². The summed E-state index contributed by atoms with van der Waals surface area (Å²) >= 11 is 0. The van der Waals surface area contributed by atoms with Crippen LogP contribution in [0.15, 0.2) is 0 Å². The van der Waals surface area contributed by atoms with Gasteiger partial charge in [0.1, 0.15) is 6.04 Å². The molecule has 3 amide bonds. The molecular weight excluding hydrogens is 274 g/mol. The second-order valence-corrected chi connectivity index (χ2v) is 6.23. The van der Waals surface area contributed by atoms with Crippen LogP contribution >= 0.6 is 0 Å². The Balaban J connectivity index is 2.11. The van der Waals surface area contributed by atoms with E-state index in [0.717, 1.165) is 6.42 Å². The van der Waals surface area contributed by atoms with Gasteiger partial charge in [0.05, 0.1) is 6.42 Å². The summed E-state index contributed by atoms with van der Waals surface area (Å²) in [5.41, 5.74) is 0. The van der Waals surface area contributed by atoms with Gasteiger partial charge in [0.15, 0.2) is 0 Å². The molecule has 2 rings (SSSR count). The number of aliphatic carboxylic acids is 1. The van der Waals surface area contributed by atoms with Crippen molar-refractivity contribution in [2.45, 2.75) is 32.7 Å². The first-order chi connectivity index (χ1) is 9.88. The lowest BCUT2D eigenvalue weighted by Crippen LogP contribution is -2.61. The first kappa shape index (κ1) is 15.6. The third-order valence-electron chi connectivity index (χ3n) is 4.08. The molecular formula is C14H23N3O4. The number of piperidine rings is 1. The molecule has 3 unspecified atom stereocenters. The topological polar surface area (TPSA) is 90.0 Å². The molecule has 2 fully saturated rings. The summed E-state index contributed by atoms with van der Waals surface area (Å²) in [5.74, 6) is -0.603. The lowest BCUT2D eigenvalue weighted by Gasteiger charge is -2.41. The van der Waals surface area contributed by atoms with Crippen LogP contribution in [0.25, 0.3) is 0 Å². The molecule has 0 aliphatic carbocycles. The SMILES string of the molecule is CC1CC(C)CN(C(=O)N2CCNC(=O)C2CC(=O)O)C1. The summed E-state index contributed by atoms with van der Waals surface area (Å²) < 4.78 is 0. The molecule has 2 heterocycles. The van der Waals surface area contributed by atoms with E-state index in [0.29, 0.717) is 38.0 Å². The van der Waals surface area contributed by atoms with Crippen molar-refractivity contribution in [3.8, 4) is 0 Å². The van der Waals surface area contributed by atoms with Gasteiger partial charge in [-0.15, -0.1) is 0 Å². The monoisotopic (exact) mass is 297 g/mol. The molecule has 118 valence electrons. The van der Waals surface area contributed by atoms with Crippen molar-refractivity contribution < 1.29 is 19.5 Å².